The summed E-state index contributed by atoms with van der Waals surface area (Å²) in [6.45, 7) is -0.0491. The average molecular weight is 356 g/mol. The Bertz CT molecular complexity index is 716. The molecule has 0 saturated carbocycles. The van der Waals surface area contributed by atoms with Crippen molar-refractivity contribution >= 4 is 35.0 Å². The summed E-state index contributed by atoms with van der Waals surface area (Å²) in [7, 11) is 1.50. The maximum absolute atomic E-state index is 11.6. The van der Waals surface area contributed by atoms with Crippen molar-refractivity contribution in [1.82, 2.24) is 15.6 Å². The van der Waals surface area contributed by atoms with Gasteiger partial charge in [0.1, 0.15) is 0 Å². The number of rotatable bonds is 6. The van der Waals surface area contributed by atoms with Crippen molar-refractivity contribution in [2.75, 3.05) is 13.6 Å². The number of aromatic nitrogens is 1. The van der Waals surface area contributed by atoms with Crippen LogP contribution in [0.25, 0.3) is 11.3 Å². The molecule has 0 fully saturated rings. The van der Waals surface area contributed by atoms with Crippen LogP contribution in [0.1, 0.15) is 12.3 Å². The fourth-order valence-electron chi connectivity index (χ4n) is 1.82. The topological polar surface area (TPSA) is 84.2 Å². The molecule has 23 heavy (non-hydrogen) atoms. The number of likely N-dealkylation sites (N-methyl/N-ethyl adjacent to an activating group) is 1. The van der Waals surface area contributed by atoms with Crippen LogP contribution in [-0.4, -0.2) is 30.4 Å². The van der Waals surface area contributed by atoms with Crippen LogP contribution < -0.4 is 10.6 Å². The Morgan fingerprint density at radius 2 is 2.04 bits per heavy atom. The lowest BCUT2D eigenvalue weighted by molar-refractivity contribution is -0.125. The van der Waals surface area contributed by atoms with Gasteiger partial charge in [0, 0.05) is 30.5 Å². The third-order valence-corrected chi connectivity index (χ3v) is 3.59. The Labute approximate surface area is 143 Å². The van der Waals surface area contributed by atoms with Crippen LogP contribution in [0.3, 0.4) is 0 Å². The van der Waals surface area contributed by atoms with E-state index in [0.717, 1.165) is 0 Å². The summed E-state index contributed by atoms with van der Waals surface area (Å²) in [6.07, 6.45) is 2.04. The summed E-state index contributed by atoms with van der Waals surface area (Å²) in [6, 6.07) is 5.06. The fourth-order valence-corrected chi connectivity index (χ4v) is 2.32. The van der Waals surface area contributed by atoms with Crippen molar-refractivity contribution in [3.05, 3.63) is 40.3 Å². The van der Waals surface area contributed by atoms with Crippen molar-refractivity contribution in [3.63, 3.8) is 0 Å². The Morgan fingerprint density at radius 3 is 2.74 bits per heavy atom. The van der Waals surface area contributed by atoms with E-state index in [9.17, 15) is 9.59 Å². The molecule has 2 N–H and O–H groups in total. The maximum Gasteiger partial charge on any atom is 0.239 e. The zero-order valence-electron chi connectivity index (χ0n) is 12.4. The van der Waals surface area contributed by atoms with Gasteiger partial charge in [-0.3, -0.25) is 9.59 Å². The SMILES string of the molecule is CNC(=O)CNC(=O)CCc1ncc(-c2ccc(Cl)cc2Cl)o1. The van der Waals surface area contributed by atoms with Gasteiger partial charge in [0.15, 0.2) is 11.7 Å². The summed E-state index contributed by atoms with van der Waals surface area (Å²) >= 11 is 12.0. The van der Waals surface area contributed by atoms with Crippen molar-refractivity contribution in [1.29, 1.82) is 0 Å². The number of amides is 2. The Morgan fingerprint density at radius 1 is 1.26 bits per heavy atom. The smallest absolute Gasteiger partial charge is 0.239 e. The van der Waals surface area contributed by atoms with Crippen LogP contribution in [0.2, 0.25) is 10.0 Å². The van der Waals surface area contributed by atoms with Gasteiger partial charge in [0.2, 0.25) is 11.8 Å². The minimum absolute atomic E-state index is 0.0491. The molecular weight excluding hydrogens is 341 g/mol. The number of aryl methyl sites for hydroxylation is 1. The third-order valence-electron chi connectivity index (χ3n) is 3.04. The largest absolute Gasteiger partial charge is 0.441 e. The van der Waals surface area contributed by atoms with Crippen molar-refractivity contribution in [2.24, 2.45) is 0 Å². The molecule has 0 spiro atoms. The van der Waals surface area contributed by atoms with Crippen LogP contribution in [0.15, 0.2) is 28.8 Å². The number of hydrogen-bond donors (Lipinski definition) is 2. The Hall–Kier alpha value is -2.05. The summed E-state index contributed by atoms with van der Waals surface area (Å²) < 4.78 is 5.59. The van der Waals surface area contributed by atoms with Gasteiger partial charge in [-0.15, -0.1) is 0 Å². The summed E-state index contributed by atoms with van der Waals surface area (Å²) in [4.78, 5) is 26.8. The van der Waals surface area contributed by atoms with E-state index in [2.05, 4.69) is 15.6 Å². The highest BCUT2D eigenvalue weighted by atomic mass is 35.5. The van der Waals surface area contributed by atoms with Gasteiger partial charge in [-0.05, 0) is 18.2 Å². The highest BCUT2D eigenvalue weighted by molar-refractivity contribution is 6.36. The molecule has 2 rings (SSSR count). The van der Waals surface area contributed by atoms with E-state index in [1.54, 1.807) is 24.4 Å². The second-order valence-electron chi connectivity index (χ2n) is 4.69. The maximum atomic E-state index is 11.6. The van der Waals surface area contributed by atoms with Gasteiger partial charge < -0.3 is 15.1 Å². The molecule has 0 saturated heterocycles. The molecule has 0 aliphatic rings. The van der Waals surface area contributed by atoms with Crippen molar-refractivity contribution < 1.29 is 14.0 Å². The van der Waals surface area contributed by atoms with Crippen LogP contribution >= 0.6 is 23.2 Å². The number of nitrogens with one attached hydrogen (secondary N) is 2. The van der Waals surface area contributed by atoms with Crippen LogP contribution in [-0.2, 0) is 16.0 Å². The van der Waals surface area contributed by atoms with Gasteiger partial charge in [0.05, 0.1) is 17.8 Å². The first kappa shape index (κ1) is 17.3. The molecule has 0 atom stereocenters. The monoisotopic (exact) mass is 355 g/mol. The molecule has 8 heteroatoms. The summed E-state index contributed by atoms with van der Waals surface area (Å²) in [5.74, 6) is 0.417. The Kier molecular flexibility index (Phi) is 6.01. The molecule has 0 unspecified atom stereocenters. The fraction of sp³-hybridized carbons (Fsp3) is 0.267. The molecule has 2 aromatic rings. The third kappa shape index (κ3) is 4.97. The zero-order valence-corrected chi connectivity index (χ0v) is 13.9. The number of nitrogens with zero attached hydrogens (tertiary/aromatic N) is 1. The summed E-state index contributed by atoms with van der Waals surface area (Å²) in [5.41, 5.74) is 0.680. The van der Waals surface area contributed by atoms with Crippen molar-refractivity contribution in [3.8, 4) is 11.3 Å². The van der Waals surface area contributed by atoms with E-state index in [1.807, 2.05) is 0 Å². The molecule has 0 aliphatic carbocycles. The molecule has 0 bridgehead atoms. The first-order chi connectivity index (χ1) is 11.0. The van der Waals surface area contributed by atoms with Gasteiger partial charge in [-0.2, -0.15) is 0 Å². The zero-order chi connectivity index (χ0) is 16.8. The predicted molar refractivity (Wildman–Crippen MR) is 87.4 cm³/mol. The molecule has 0 aliphatic heterocycles. The predicted octanol–water partition coefficient (Wildman–Crippen LogP) is 2.44. The highest BCUT2D eigenvalue weighted by Crippen LogP contribution is 2.30. The van der Waals surface area contributed by atoms with Crippen LogP contribution in [0, 0.1) is 0 Å². The van der Waals surface area contributed by atoms with Crippen molar-refractivity contribution in [2.45, 2.75) is 12.8 Å². The number of carbonyl (C=O) groups excluding carboxylic acids is 2. The summed E-state index contributed by atoms with van der Waals surface area (Å²) in [5, 5.41) is 5.91. The standard InChI is InChI=1S/C15H15Cl2N3O3/c1-18-14(22)8-19-13(21)4-5-15-20-7-12(23-15)10-3-2-9(16)6-11(10)17/h2-3,6-7H,4-5,8H2,1H3,(H,18,22)(H,19,21). The molecule has 0 radical (unpaired) electrons. The van der Waals surface area contributed by atoms with E-state index in [1.165, 1.54) is 7.05 Å². The van der Waals surface area contributed by atoms with Gasteiger partial charge in [0.25, 0.3) is 0 Å². The van der Waals surface area contributed by atoms with E-state index >= 15 is 0 Å². The lowest BCUT2D eigenvalue weighted by atomic mass is 10.2. The first-order valence-electron chi connectivity index (χ1n) is 6.87. The second kappa shape index (κ2) is 7.99. The number of halogens is 2. The highest BCUT2D eigenvalue weighted by Gasteiger charge is 2.12. The average Bonchev–Trinajstić information content (AvgIpc) is 2.99. The van der Waals surface area contributed by atoms with E-state index < -0.39 is 0 Å². The lowest BCUT2D eigenvalue weighted by Crippen LogP contribution is -2.35. The Balaban J connectivity index is 1.92. The molecular formula is C15H15Cl2N3O3. The second-order valence-corrected chi connectivity index (χ2v) is 5.54. The van der Waals surface area contributed by atoms with E-state index in [4.69, 9.17) is 27.6 Å². The first-order valence-corrected chi connectivity index (χ1v) is 7.62. The molecule has 122 valence electrons. The van der Waals surface area contributed by atoms with Gasteiger partial charge in [-0.25, -0.2) is 4.98 Å². The van der Waals surface area contributed by atoms with Gasteiger partial charge in [-0.1, -0.05) is 23.2 Å². The van der Waals surface area contributed by atoms with Crippen LogP contribution in [0.4, 0.5) is 0 Å². The van der Waals surface area contributed by atoms with Gasteiger partial charge >= 0.3 is 0 Å². The minimum atomic E-state index is -0.255. The van der Waals surface area contributed by atoms with E-state index in [0.29, 0.717) is 33.7 Å². The number of carbonyl (C=O) groups is 2. The molecule has 1 heterocycles. The molecule has 1 aromatic carbocycles. The van der Waals surface area contributed by atoms with E-state index in [-0.39, 0.29) is 24.8 Å². The minimum Gasteiger partial charge on any atom is -0.441 e. The number of benzene rings is 1. The number of hydrogen-bond acceptors (Lipinski definition) is 4. The molecule has 2 amide bonds. The molecule has 6 nitrogen and oxygen atoms in total. The normalized spacial score (nSPS) is 10.4. The lowest BCUT2D eigenvalue weighted by Gasteiger charge is -2.03. The van der Waals surface area contributed by atoms with Crippen LogP contribution in [0.5, 0.6) is 0 Å². The number of oxazole rings is 1. The quantitative estimate of drug-likeness (QED) is 0.833. The molecule has 1 aromatic heterocycles.